The van der Waals surface area contributed by atoms with Gasteiger partial charge in [-0.3, -0.25) is 9.59 Å². The predicted molar refractivity (Wildman–Crippen MR) is 123 cm³/mol. The predicted octanol–water partition coefficient (Wildman–Crippen LogP) is 3.72. The van der Waals surface area contributed by atoms with Gasteiger partial charge in [0.15, 0.2) is 0 Å². The number of carbonyl (C=O) groups is 2. The van der Waals surface area contributed by atoms with Gasteiger partial charge in [-0.05, 0) is 36.8 Å². The first kappa shape index (κ1) is 23.0. The molecular formula is C26H34N2O3. The van der Waals surface area contributed by atoms with Crippen molar-refractivity contribution in [2.45, 2.75) is 38.5 Å². The van der Waals surface area contributed by atoms with Crippen LogP contribution in [-0.4, -0.2) is 61.0 Å². The number of amides is 2. The molecule has 0 saturated carbocycles. The van der Waals surface area contributed by atoms with Crippen LogP contribution in [0, 0.1) is 0 Å². The molecule has 0 spiro atoms. The second-order valence-corrected chi connectivity index (χ2v) is 8.05. The van der Waals surface area contributed by atoms with Gasteiger partial charge in [-0.25, -0.2) is 0 Å². The summed E-state index contributed by atoms with van der Waals surface area (Å²) in [7, 11) is 0. The largest absolute Gasteiger partial charge is 0.381 e. The molecule has 1 heterocycles. The highest BCUT2D eigenvalue weighted by Crippen LogP contribution is 2.10. The van der Waals surface area contributed by atoms with E-state index < -0.39 is 0 Å². The molecule has 0 unspecified atom stereocenters. The zero-order valence-corrected chi connectivity index (χ0v) is 18.4. The Morgan fingerprint density at radius 2 is 1.13 bits per heavy atom. The van der Waals surface area contributed by atoms with Crippen molar-refractivity contribution in [1.82, 2.24) is 9.80 Å². The fraction of sp³-hybridized carbons (Fsp3) is 0.462. The van der Waals surface area contributed by atoms with Gasteiger partial charge < -0.3 is 14.5 Å². The third-order valence-corrected chi connectivity index (χ3v) is 5.74. The molecule has 2 aromatic rings. The lowest BCUT2D eigenvalue weighted by Gasteiger charge is -2.35. The molecule has 1 aliphatic heterocycles. The summed E-state index contributed by atoms with van der Waals surface area (Å²) in [5, 5.41) is 0. The van der Waals surface area contributed by atoms with E-state index in [1.54, 1.807) is 0 Å². The molecule has 0 atom stereocenters. The van der Waals surface area contributed by atoms with Gasteiger partial charge in [0, 0.05) is 45.6 Å². The Hall–Kier alpha value is -2.66. The molecule has 0 aliphatic carbocycles. The molecule has 0 N–H and O–H groups in total. The van der Waals surface area contributed by atoms with Crippen LogP contribution in [0.3, 0.4) is 0 Å². The maximum Gasteiger partial charge on any atom is 0.222 e. The van der Waals surface area contributed by atoms with Crippen LogP contribution in [0.5, 0.6) is 0 Å². The third-order valence-electron chi connectivity index (χ3n) is 5.74. The molecule has 1 fully saturated rings. The zero-order valence-electron chi connectivity index (χ0n) is 18.4. The number of carbonyl (C=O) groups excluding carboxylic acids is 2. The number of hydrogen-bond acceptors (Lipinski definition) is 3. The SMILES string of the molecule is O=C(CCCOCCc1ccccc1)N1CCN(C(=O)CCCc2ccccc2)CC1. The number of benzene rings is 2. The first-order valence-electron chi connectivity index (χ1n) is 11.4. The molecule has 5 nitrogen and oxygen atoms in total. The van der Waals surface area contributed by atoms with Crippen LogP contribution in [0.15, 0.2) is 60.7 Å². The van der Waals surface area contributed by atoms with Crippen LogP contribution in [-0.2, 0) is 27.2 Å². The summed E-state index contributed by atoms with van der Waals surface area (Å²) in [4.78, 5) is 28.7. The van der Waals surface area contributed by atoms with Crippen LogP contribution >= 0.6 is 0 Å². The van der Waals surface area contributed by atoms with E-state index >= 15 is 0 Å². The van der Waals surface area contributed by atoms with E-state index in [0.717, 1.165) is 25.7 Å². The fourth-order valence-corrected chi connectivity index (χ4v) is 3.87. The van der Waals surface area contributed by atoms with Crippen molar-refractivity contribution in [3.8, 4) is 0 Å². The van der Waals surface area contributed by atoms with Gasteiger partial charge >= 0.3 is 0 Å². The lowest BCUT2D eigenvalue weighted by atomic mass is 10.1. The van der Waals surface area contributed by atoms with Crippen LogP contribution in [0.1, 0.15) is 36.8 Å². The molecule has 2 aromatic carbocycles. The molecule has 0 aromatic heterocycles. The van der Waals surface area contributed by atoms with Crippen LogP contribution < -0.4 is 0 Å². The van der Waals surface area contributed by atoms with E-state index in [1.165, 1.54) is 11.1 Å². The Labute approximate surface area is 186 Å². The summed E-state index contributed by atoms with van der Waals surface area (Å²) in [6.07, 6.45) is 4.52. The summed E-state index contributed by atoms with van der Waals surface area (Å²) in [6, 6.07) is 20.5. The first-order chi connectivity index (χ1) is 15.2. The molecule has 3 rings (SSSR count). The number of ether oxygens (including phenoxy) is 1. The molecule has 2 amide bonds. The fourth-order valence-electron chi connectivity index (χ4n) is 3.87. The maximum atomic E-state index is 12.4. The van der Waals surface area contributed by atoms with Crippen LogP contribution in [0.4, 0.5) is 0 Å². The van der Waals surface area contributed by atoms with Gasteiger partial charge in [0.05, 0.1) is 6.61 Å². The van der Waals surface area contributed by atoms with Gasteiger partial charge in [0.25, 0.3) is 0 Å². The highest BCUT2D eigenvalue weighted by molar-refractivity contribution is 5.78. The maximum absolute atomic E-state index is 12.4. The minimum atomic E-state index is 0.169. The van der Waals surface area contributed by atoms with Crippen molar-refractivity contribution >= 4 is 11.8 Å². The van der Waals surface area contributed by atoms with E-state index in [2.05, 4.69) is 24.3 Å². The van der Waals surface area contributed by atoms with Crippen molar-refractivity contribution in [3.05, 3.63) is 71.8 Å². The van der Waals surface area contributed by atoms with E-state index in [4.69, 9.17) is 4.74 Å². The number of aryl methyl sites for hydroxylation is 1. The zero-order chi connectivity index (χ0) is 21.7. The third kappa shape index (κ3) is 8.18. The Morgan fingerprint density at radius 3 is 1.68 bits per heavy atom. The topological polar surface area (TPSA) is 49.9 Å². The molecule has 5 heteroatoms. The van der Waals surface area contributed by atoms with Crippen LogP contribution in [0.25, 0.3) is 0 Å². The van der Waals surface area contributed by atoms with Gasteiger partial charge in [-0.1, -0.05) is 60.7 Å². The lowest BCUT2D eigenvalue weighted by Crippen LogP contribution is -2.50. The van der Waals surface area contributed by atoms with E-state index in [1.807, 2.05) is 46.2 Å². The van der Waals surface area contributed by atoms with Crippen molar-refractivity contribution in [2.75, 3.05) is 39.4 Å². The molecule has 0 radical (unpaired) electrons. The van der Waals surface area contributed by atoms with Gasteiger partial charge in [-0.15, -0.1) is 0 Å². The quantitative estimate of drug-likeness (QED) is 0.519. The Balaban J connectivity index is 1.23. The number of piperazine rings is 1. The van der Waals surface area contributed by atoms with Crippen molar-refractivity contribution in [1.29, 1.82) is 0 Å². The smallest absolute Gasteiger partial charge is 0.222 e. The highest BCUT2D eigenvalue weighted by atomic mass is 16.5. The normalized spacial score (nSPS) is 13.9. The molecule has 31 heavy (non-hydrogen) atoms. The summed E-state index contributed by atoms with van der Waals surface area (Å²) < 4.78 is 5.67. The molecule has 1 saturated heterocycles. The summed E-state index contributed by atoms with van der Waals surface area (Å²) >= 11 is 0. The summed E-state index contributed by atoms with van der Waals surface area (Å²) in [5.41, 5.74) is 2.54. The van der Waals surface area contributed by atoms with Crippen LogP contribution in [0.2, 0.25) is 0 Å². The van der Waals surface area contributed by atoms with Crippen molar-refractivity contribution < 1.29 is 14.3 Å². The number of rotatable bonds is 11. The second-order valence-electron chi connectivity index (χ2n) is 8.05. The molecule has 166 valence electrons. The lowest BCUT2D eigenvalue weighted by molar-refractivity contribution is -0.139. The summed E-state index contributed by atoms with van der Waals surface area (Å²) in [6.45, 7) is 3.85. The summed E-state index contributed by atoms with van der Waals surface area (Å²) in [5.74, 6) is 0.373. The Morgan fingerprint density at radius 1 is 0.645 bits per heavy atom. The highest BCUT2D eigenvalue weighted by Gasteiger charge is 2.23. The second kappa shape index (κ2) is 12.9. The number of hydrogen-bond donors (Lipinski definition) is 0. The standard InChI is InChI=1S/C26H34N2O3/c29-25(14-7-13-23-9-3-1-4-10-23)27-17-19-28(20-18-27)26(30)15-8-21-31-22-16-24-11-5-2-6-12-24/h1-6,9-12H,7-8,13-22H2. The average Bonchev–Trinajstić information content (AvgIpc) is 2.82. The van der Waals surface area contributed by atoms with E-state index in [-0.39, 0.29) is 11.8 Å². The minimum absolute atomic E-state index is 0.169. The van der Waals surface area contributed by atoms with E-state index in [9.17, 15) is 9.59 Å². The average molecular weight is 423 g/mol. The van der Waals surface area contributed by atoms with E-state index in [0.29, 0.717) is 52.2 Å². The van der Waals surface area contributed by atoms with Gasteiger partial charge in [0.2, 0.25) is 11.8 Å². The molecule has 1 aliphatic rings. The monoisotopic (exact) mass is 422 g/mol. The van der Waals surface area contributed by atoms with Crippen molar-refractivity contribution in [2.24, 2.45) is 0 Å². The van der Waals surface area contributed by atoms with Crippen molar-refractivity contribution in [3.63, 3.8) is 0 Å². The molecular weight excluding hydrogens is 388 g/mol. The first-order valence-corrected chi connectivity index (χ1v) is 11.4. The Bertz CT molecular complexity index is 787. The van der Waals surface area contributed by atoms with Gasteiger partial charge in [-0.2, -0.15) is 0 Å². The Kier molecular flexibility index (Phi) is 9.58. The van der Waals surface area contributed by atoms with Gasteiger partial charge in [0.1, 0.15) is 0 Å². The molecule has 0 bridgehead atoms. The minimum Gasteiger partial charge on any atom is -0.381 e. The number of nitrogens with zero attached hydrogens (tertiary/aromatic N) is 2.